The van der Waals surface area contributed by atoms with Crippen LogP contribution in [0.1, 0.15) is 16.2 Å². The molecule has 6 heteroatoms. The average molecular weight is 304 g/mol. The van der Waals surface area contributed by atoms with Crippen molar-refractivity contribution in [3.05, 3.63) is 52.7 Å². The van der Waals surface area contributed by atoms with Crippen LogP contribution in [0.5, 0.6) is 0 Å². The van der Waals surface area contributed by atoms with Gasteiger partial charge in [-0.25, -0.2) is 4.98 Å². The maximum Gasteiger partial charge on any atom is 0.286 e. The van der Waals surface area contributed by atoms with Crippen LogP contribution in [-0.2, 0) is 6.42 Å². The number of thiazole rings is 1. The van der Waals surface area contributed by atoms with Crippen molar-refractivity contribution in [1.82, 2.24) is 10.3 Å². The number of thiophene rings is 1. The number of hydrogen-bond donors (Lipinski definition) is 1. The van der Waals surface area contributed by atoms with Crippen molar-refractivity contribution >= 4 is 28.6 Å². The predicted octanol–water partition coefficient (Wildman–Crippen LogP) is 3.44. The zero-order chi connectivity index (χ0) is 13.8. The van der Waals surface area contributed by atoms with Gasteiger partial charge in [-0.3, -0.25) is 4.79 Å². The fraction of sp³-hybridized carbons (Fsp3) is 0.143. The Labute approximate surface area is 124 Å². The quantitative estimate of drug-likeness (QED) is 0.785. The lowest BCUT2D eigenvalue weighted by Crippen LogP contribution is -2.25. The van der Waals surface area contributed by atoms with E-state index in [0.29, 0.717) is 18.7 Å². The molecule has 3 heterocycles. The van der Waals surface area contributed by atoms with Crippen LogP contribution in [0.4, 0.5) is 0 Å². The number of nitrogens with one attached hydrogen (secondary N) is 1. The third-order valence-electron chi connectivity index (χ3n) is 2.70. The molecule has 0 aromatic carbocycles. The Morgan fingerprint density at radius 3 is 3.00 bits per heavy atom. The molecule has 1 N–H and O–H groups in total. The Morgan fingerprint density at radius 1 is 1.30 bits per heavy atom. The molecule has 0 aliphatic rings. The monoisotopic (exact) mass is 304 g/mol. The number of nitrogens with zero attached hydrogens (tertiary/aromatic N) is 1. The van der Waals surface area contributed by atoms with Crippen molar-refractivity contribution in [3.8, 4) is 9.88 Å². The van der Waals surface area contributed by atoms with E-state index in [9.17, 15) is 4.79 Å². The van der Waals surface area contributed by atoms with Gasteiger partial charge in [-0.15, -0.1) is 22.7 Å². The smallest absolute Gasteiger partial charge is 0.286 e. The first-order valence-electron chi connectivity index (χ1n) is 6.13. The van der Waals surface area contributed by atoms with Crippen molar-refractivity contribution in [3.63, 3.8) is 0 Å². The SMILES string of the molecule is O=C(NCCc1csc(-c2cccs2)n1)c1ccco1. The molecule has 3 rings (SSSR count). The number of hydrogen-bond acceptors (Lipinski definition) is 5. The van der Waals surface area contributed by atoms with Crippen LogP contribution < -0.4 is 5.32 Å². The summed E-state index contributed by atoms with van der Waals surface area (Å²) in [5.41, 5.74) is 0.998. The molecular weight excluding hydrogens is 292 g/mol. The van der Waals surface area contributed by atoms with Gasteiger partial charge < -0.3 is 9.73 Å². The Hall–Kier alpha value is -1.92. The Bertz CT molecular complexity index is 672. The largest absolute Gasteiger partial charge is 0.459 e. The zero-order valence-electron chi connectivity index (χ0n) is 10.5. The molecule has 0 saturated heterocycles. The lowest BCUT2D eigenvalue weighted by molar-refractivity contribution is 0.0926. The standard InChI is InChI=1S/C14H12N2O2S2/c17-13(11-3-1-7-18-11)15-6-5-10-9-20-14(16-10)12-4-2-8-19-12/h1-4,7-9H,5-6H2,(H,15,17). The minimum absolute atomic E-state index is 0.191. The number of aromatic nitrogens is 1. The molecule has 102 valence electrons. The first-order valence-corrected chi connectivity index (χ1v) is 7.89. The number of amides is 1. The first-order chi connectivity index (χ1) is 9.83. The highest BCUT2D eigenvalue weighted by molar-refractivity contribution is 7.20. The summed E-state index contributed by atoms with van der Waals surface area (Å²) in [6.07, 6.45) is 2.21. The Morgan fingerprint density at radius 2 is 2.25 bits per heavy atom. The van der Waals surface area contributed by atoms with Gasteiger partial charge in [0.1, 0.15) is 5.01 Å². The third-order valence-corrected chi connectivity index (χ3v) is 4.63. The molecule has 0 atom stereocenters. The second-order valence-corrected chi connectivity index (χ2v) is 5.91. The van der Waals surface area contributed by atoms with E-state index < -0.39 is 0 Å². The highest BCUT2D eigenvalue weighted by Gasteiger charge is 2.09. The molecule has 0 fully saturated rings. The molecule has 3 aromatic rings. The van der Waals surface area contributed by atoms with E-state index in [0.717, 1.165) is 10.7 Å². The molecule has 0 unspecified atom stereocenters. The molecule has 4 nitrogen and oxygen atoms in total. The van der Waals surface area contributed by atoms with Gasteiger partial charge in [0.2, 0.25) is 0 Å². The highest BCUT2D eigenvalue weighted by atomic mass is 32.1. The van der Waals surface area contributed by atoms with Gasteiger partial charge in [-0.05, 0) is 23.6 Å². The van der Waals surface area contributed by atoms with E-state index in [1.54, 1.807) is 34.8 Å². The van der Waals surface area contributed by atoms with Gasteiger partial charge in [-0.1, -0.05) is 6.07 Å². The fourth-order valence-electron chi connectivity index (χ4n) is 1.73. The highest BCUT2D eigenvalue weighted by Crippen LogP contribution is 2.27. The van der Waals surface area contributed by atoms with E-state index in [-0.39, 0.29) is 5.91 Å². The number of carbonyl (C=O) groups excluding carboxylic acids is 1. The summed E-state index contributed by atoms with van der Waals surface area (Å²) in [7, 11) is 0. The number of rotatable bonds is 5. The first kappa shape index (κ1) is 13.1. The van der Waals surface area contributed by atoms with Gasteiger partial charge >= 0.3 is 0 Å². The second kappa shape index (κ2) is 6.02. The summed E-state index contributed by atoms with van der Waals surface area (Å²) < 4.78 is 5.03. The molecular formula is C14H12N2O2S2. The van der Waals surface area contributed by atoms with Crippen molar-refractivity contribution in [1.29, 1.82) is 0 Å². The summed E-state index contributed by atoms with van der Waals surface area (Å²) in [6, 6.07) is 7.42. The molecule has 0 spiro atoms. The molecule has 0 aliphatic heterocycles. The molecule has 1 amide bonds. The predicted molar refractivity (Wildman–Crippen MR) is 80.2 cm³/mol. The van der Waals surface area contributed by atoms with Crippen LogP contribution in [0.15, 0.2) is 45.7 Å². The van der Waals surface area contributed by atoms with Crippen LogP contribution in [0.2, 0.25) is 0 Å². The number of carbonyl (C=O) groups is 1. The van der Waals surface area contributed by atoms with E-state index in [1.807, 2.05) is 16.8 Å². The molecule has 20 heavy (non-hydrogen) atoms. The van der Waals surface area contributed by atoms with Crippen LogP contribution >= 0.6 is 22.7 Å². The van der Waals surface area contributed by atoms with E-state index in [2.05, 4.69) is 16.4 Å². The molecule has 0 saturated carbocycles. The van der Waals surface area contributed by atoms with Crippen LogP contribution in [0.25, 0.3) is 9.88 Å². The van der Waals surface area contributed by atoms with Crippen molar-refractivity contribution in [2.45, 2.75) is 6.42 Å². The van der Waals surface area contributed by atoms with Crippen LogP contribution in [-0.4, -0.2) is 17.4 Å². The lowest BCUT2D eigenvalue weighted by atomic mass is 10.3. The van der Waals surface area contributed by atoms with Gasteiger partial charge in [0.25, 0.3) is 5.91 Å². The summed E-state index contributed by atoms with van der Waals surface area (Å²) in [5, 5.41) is 7.92. The van der Waals surface area contributed by atoms with E-state index >= 15 is 0 Å². The minimum Gasteiger partial charge on any atom is -0.459 e. The summed E-state index contributed by atoms with van der Waals surface area (Å²) >= 11 is 3.31. The van der Waals surface area contributed by atoms with Crippen LogP contribution in [0, 0.1) is 0 Å². The maximum atomic E-state index is 11.7. The second-order valence-electron chi connectivity index (χ2n) is 4.10. The topological polar surface area (TPSA) is 55.1 Å². The van der Waals surface area contributed by atoms with Gasteiger partial charge in [0.15, 0.2) is 5.76 Å². The average Bonchev–Trinajstić information content (AvgIpc) is 3.20. The summed E-state index contributed by atoms with van der Waals surface area (Å²) in [6.45, 7) is 0.549. The Kier molecular flexibility index (Phi) is 3.94. The van der Waals surface area contributed by atoms with Gasteiger partial charge in [-0.2, -0.15) is 0 Å². The number of furan rings is 1. The summed E-state index contributed by atoms with van der Waals surface area (Å²) in [5.74, 6) is 0.145. The molecule has 0 aliphatic carbocycles. The van der Waals surface area contributed by atoms with Crippen molar-refractivity contribution < 1.29 is 9.21 Å². The van der Waals surface area contributed by atoms with Crippen molar-refractivity contribution in [2.24, 2.45) is 0 Å². The van der Waals surface area contributed by atoms with Crippen LogP contribution in [0.3, 0.4) is 0 Å². The fourth-order valence-corrected chi connectivity index (χ4v) is 3.40. The molecule has 0 radical (unpaired) electrons. The third kappa shape index (κ3) is 2.97. The Balaban J connectivity index is 1.53. The molecule has 3 aromatic heterocycles. The normalized spacial score (nSPS) is 10.6. The van der Waals surface area contributed by atoms with E-state index in [1.165, 1.54) is 11.1 Å². The van der Waals surface area contributed by atoms with Gasteiger partial charge in [0, 0.05) is 18.3 Å². The van der Waals surface area contributed by atoms with Gasteiger partial charge in [0.05, 0.1) is 16.8 Å². The zero-order valence-corrected chi connectivity index (χ0v) is 12.2. The van der Waals surface area contributed by atoms with E-state index in [4.69, 9.17) is 4.42 Å². The molecule has 0 bridgehead atoms. The lowest BCUT2D eigenvalue weighted by Gasteiger charge is -2.00. The van der Waals surface area contributed by atoms with Crippen molar-refractivity contribution in [2.75, 3.05) is 6.54 Å². The summed E-state index contributed by atoms with van der Waals surface area (Å²) in [4.78, 5) is 17.4. The minimum atomic E-state index is -0.191. The maximum absolute atomic E-state index is 11.7.